The fourth-order valence-corrected chi connectivity index (χ4v) is 3.79. The normalized spacial score (nSPS) is 11.0. The fourth-order valence-electron chi connectivity index (χ4n) is 2.55. The summed E-state index contributed by atoms with van der Waals surface area (Å²) in [6.07, 6.45) is -0.305. The Morgan fingerprint density at radius 1 is 0.931 bits per heavy atom. The molecule has 8 heteroatoms. The molecule has 7 nitrogen and oxygen atoms in total. The Bertz CT molecular complexity index is 925. The van der Waals surface area contributed by atoms with E-state index in [2.05, 4.69) is 0 Å². The zero-order chi connectivity index (χ0) is 21.4. The van der Waals surface area contributed by atoms with Crippen LogP contribution in [0.2, 0.25) is 0 Å². The van der Waals surface area contributed by atoms with Gasteiger partial charge in [0.1, 0.15) is 0 Å². The molecule has 1 amide bonds. The van der Waals surface area contributed by atoms with Gasteiger partial charge >= 0.3 is 5.97 Å². The number of benzene rings is 2. The second-order valence-corrected chi connectivity index (χ2v) is 8.96. The van der Waals surface area contributed by atoms with E-state index in [1.807, 2.05) is 43.3 Å². The van der Waals surface area contributed by atoms with Crippen LogP contribution in [0.4, 0.5) is 5.69 Å². The SMILES string of the molecule is CN(Cc1ccc(N(C)C)cc1)C(=O)COC(=O)CCS(=O)(=O)c1ccccc1. The van der Waals surface area contributed by atoms with Gasteiger partial charge in [0.25, 0.3) is 5.91 Å². The first kappa shape index (κ1) is 22.4. The Hall–Kier alpha value is -2.87. The third-order valence-electron chi connectivity index (χ3n) is 4.33. The van der Waals surface area contributed by atoms with Crippen LogP contribution in [0.3, 0.4) is 0 Å². The topological polar surface area (TPSA) is 84.0 Å². The Balaban J connectivity index is 1.78. The number of hydrogen-bond donors (Lipinski definition) is 0. The van der Waals surface area contributed by atoms with Gasteiger partial charge in [-0.15, -0.1) is 0 Å². The average Bonchev–Trinajstić information content (AvgIpc) is 2.71. The molecule has 2 aromatic carbocycles. The number of amides is 1. The number of carbonyl (C=O) groups excluding carboxylic acids is 2. The van der Waals surface area contributed by atoms with Crippen molar-refractivity contribution < 1.29 is 22.7 Å². The third-order valence-corrected chi connectivity index (χ3v) is 6.06. The van der Waals surface area contributed by atoms with Crippen LogP contribution in [-0.4, -0.2) is 58.7 Å². The first-order valence-corrected chi connectivity index (χ1v) is 10.8. The van der Waals surface area contributed by atoms with Crippen LogP contribution in [0, 0.1) is 0 Å². The summed E-state index contributed by atoms with van der Waals surface area (Å²) < 4.78 is 29.3. The molecule has 0 spiro atoms. The summed E-state index contributed by atoms with van der Waals surface area (Å²) in [6, 6.07) is 15.7. The van der Waals surface area contributed by atoms with Gasteiger partial charge in [-0.25, -0.2) is 8.42 Å². The van der Waals surface area contributed by atoms with Crippen molar-refractivity contribution in [1.29, 1.82) is 0 Å². The first-order valence-electron chi connectivity index (χ1n) is 9.12. The van der Waals surface area contributed by atoms with E-state index in [1.165, 1.54) is 17.0 Å². The van der Waals surface area contributed by atoms with Gasteiger partial charge in [0, 0.05) is 33.4 Å². The van der Waals surface area contributed by atoms with Gasteiger partial charge < -0.3 is 14.5 Å². The largest absolute Gasteiger partial charge is 0.456 e. The van der Waals surface area contributed by atoms with Gasteiger partial charge in [-0.1, -0.05) is 30.3 Å². The number of likely N-dealkylation sites (N-methyl/N-ethyl adjacent to an activating group) is 1. The minimum Gasteiger partial charge on any atom is -0.456 e. The monoisotopic (exact) mass is 418 g/mol. The smallest absolute Gasteiger partial charge is 0.307 e. The van der Waals surface area contributed by atoms with E-state index in [0.29, 0.717) is 6.54 Å². The molecule has 0 fully saturated rings. The van der Waals surface area contributed by atoms with Gasteiger partial charge in [-0.3, -0.25) is 9.59 Å². The molecule has 0 aromatic heterocycles. The highest BCUT2D eigenvalue weighted by Crippen LogP contribution is 2.14. The van der Waals surface area contributed by atoms with Crippen LogP contribution in [0.15, 0.2) is 59.5 Å². The highest BCUT2D eigenvalue weighted by molar-refractivity contribution is 7.91. The van der Waals surface area contributed by atoms with Crippen molar-refractivity contribution in [2.45, 2.75) is 17.9 Å². The van der Waals surface area contributed by atoms with Crippen LogP contribution in [0.1, 0.15) is 12.0 Å². The molecule has 0 aliphatic carbocycles. The highest BCUT2D eigenvalue weighted by Gasteiger charge is 2.18. The molecule has 2 rings (SSSR count). The highest BCUT2D eigenvalue weighted by atomic mass is 32.2. The van der Waals surface area contributed by atoms with E-state index >= 15 is 0 Å². The van der Waals surface area contributed by atoms with E-state index in [1.54, 1.807) is 25.2 Å². The lowest BCUT2D eigenvalue weighted by Crippen LogP contribution is -2.31. The standard InChI is InChI=1S/C21H26N2O5S/c1-22(2)18-11-9-17(10-12-18)15-23(3)20(24)16-28-21(25)13-14-29(26,27)19-7-5-4-6-8-19/h4-12H,13-16H2,1-3H3. The van der Waals surface area contributed by atoms with Crippen molar-refractivity contribution in [1.82, 2.24) is 4.90 Å². The summed E-state index contributed by atoms with van der Waals surface area (Å²) in [5.41, 5.74) is 2.01. The molecule has 0 unspecified atom stereocenters. The minimum atomic E-state index is -3.56. The second-order valence-electron chi connectivity index (χ2n) is 6.85. The Kier molecular flexibility index (Phi) is 7.78. The lowest BCUT2D eigenvalue weighted by atomic mass is 10.2. The molecule has 0 saturated carbocycles. The number of carbonyl (C=O) groups is 2. The van der Waals surface area contributed by atoms with Crippen molar-refractivity contribution in [2.75, 3.05) is 38.4 Å². The van der Waals surface area contributed by atoms with Gasteiger partial charge in [0.05, 0.1) is 17.1 Å². The summed E-state index contributed by atoms with van der Waals surface area (Å²) in [5, 5.41) is 0. The predicted molar refractivity (Wildman–Crippen MR) is 111 cm³/mol. The molecule has 0 aliphatic rings. The quantitative estimate of drug-likeness (QED) is 0.580. The molecule has 0 saturated heterocycles. The molecule has 0 radical (unpaired) electrons. The number of hydrogen-bond acceptors (Lipinski definition) is 6. The van der Waals surface area contributed by atoms with Crippen molar-refractivity contribution in [2.24, 2.45) is 0 Å². The lowest BCUT2D eigenvalue weighted by molar-refractivity contribution is -0.151. The minimum absolute atomic E-state index is 0.156. The summed E-state index contributed by atoms with van der Waals surface area (Å²) in [4.78, 5) is 27.6. The fraction of sp³-hybridized carbons (Fsp3) is 0.333. The molecule has 0 atom stereocenters. The number of sulfone groups is 1. The molecule has 156 valence electrons. The number of ether oxygens (including phenoxy) is 1. The first-order chi connectivity index (χ1) is 13.7. The summed E-state index contributed by atoms with van der Waals surface area (Å²) in [5.74, 6) is -1.44. The van der Waals surface area contributed by atoms with Gasteiger partial charge in [0.15, 0.2) is 16.4 Å². The summed E-state index contributed by atoms with van der Waals surface area (Å²) in [7, 11) is 1.96. The van der Waals surface area contributed by atoms with Crippen molar-refractivity contribution >= 4 is 27.4 Å². The Morgan fingerprint density at radius 3 is 2.14 bits per heavy atom. The van der Waals surface area contributed by atoms with E-state index < -0.39 is 22.4 Å². The average molecular weight is 419 g/mol. The number of nitrogens with zero attached hydrogens (tertiary/aromatic N) is 2. The Morgan fingerprint density at radius 2 is 1.55 bits per heavy atom. The van der Waals surface area contributed by atoms with E-state index in [9.17, 15) is 18.0 Å². The number of esters is 1. The zero-order valence-corrected chi connectivity index (χ0v) is 17.7. The van der Waals surface area contributed by atoms with E-state index in [0.717, 1.165) is 11.3 Å². The molecule has 29 heavy (non-hydrogen) atoms. The maximum Gasteiger partial charge on any atom is 0.307 e. The molecule has 0 N–H and O–H groups in total. The summed E-state index contributed by atoms with van der Waals surface area (Å²) in [6.45, 7) is -0.0387. The molecule has 0 aliphatic heterocycles. The van der Waals surface area contributed by atoms with Crippen LogP contribution < -0.4 is 4.90 Å². The Labute approximate surface area is 171 Å². The molecule has 0 bridgehead atoms. The van der Waals surface area contributed by atoms with Crippen molar-refractivity contribution in [3.8, 4) is 0 Å². The predicted octanol–water partition coefficient (Wildman–Crippen LogP) is 2.12. The maximum absolute atomic E-state index is 12.2. The van der Waals surface area contributed by atoms with Crippen LogP contribution in [-0.2, 0) is 30.7 Å². The molecule has 2 aromatic rings. The van der Waals surface area contributed by atoms with Crippen LogP contribution in [0.25, 0.3) is 0 Å². The third kappa shape index (κ3) is 6.90. The van der Waals surface area contributed by atoms with E-state index in [-0.39, 0.29) is 23.0 Å². The second kappa shape index (κ2) is 10.1. The summed E-state index contributed by atoms with van der Waals surface area (Å²) >= 11 is 0. The zero-order valence-electron chi connectivity index (χ0n) is 16.9. The maximum atomic E-state index is 12.2. The van der Waals surface area contributed by atoms with Gasteiger partial charge in [-0.05, 0) is 29.8 Å². The van der Waals surface area contributed by atoms with Gasteiger partial charge in [-0.2, -0.15) is 0 Å². The molecular formula is C21H26N2O5S. The van der Waals surface area contributed by atoms with Crippen LogP contribution >= 0.6 is 0 Å². The molecule has 0 heterocycles. The van der Waals surface area contributed by atoms with Gasteiger partial charge in [0.2, 0.25) is 0 Å². The van der Waals surface area contributed by atoms with E-state index in [4.69, 9.17) is 4.74 Å². The lowest BCUT2D eigenvalue weighted by Gasteiger charge is -2.18. The van der Waals surface area contributed by atoms with Crippen molar-refractivity contribution in [3.63, 3.8) is 0 Å². The van der Waals surface area contributed by atoms with Crippen molar-refractivity contribution in [3.05, 3.63) is 60.2 Å². The number of rotatable bonds is 9. The molecular weight excluding hydrogens is 392 g/mol. The number of anilines is 1. The van der Waals surface area contributed by atoms with Crippen LogP contribution in [0.5, 0.6) is 0 Å².